The largest absolute Gasteiger partial charge is 0.382 e. The molecule has 104 valence electrons. The standard InChI is InChI=1S/C15H15BrN2OS/c1-2-7-18-14(12(16)8-17-18)15(19)11-9-20-13-6-4-3-5-10(11)13/h3-6,8-9,15,19H,2,7H2,1H3. The molecular formula is C15H15BrN2OS. The van der Waals surface area contributed by atoms with Crippen LogP contribution in [0.25, 0.3) is 10.1 Å². The third-order valence-electron chi connectivity index (χ3n) is 3.33. The van der Waals surface area contributed by atoms with Crippen LogP contribution in [-0.2, 0) is 6.54 Å². The zero-order valence-corrected chi connectivity index (χ0v) is 13.5. The molecule has 0 saturated heterocycles. The van der Waals surface area contributed by atoms with E-state index >= 15 is 0 Å². The second-order valence-electron chi connectivity index (χ2n) is 4.69. The molecule has 3 rings (SSSR count). The number of benzene rings is 1. The van der Waals surface area contributed by atoms with Crippen molar-refractivity contribution in [2.24, 2.45) is 0 Å². The normalized spacial score (nSPS) is 12.9. The van der Waals surface area contributed by atoms with Gasteiger partial charge in [-0.15, -0.1) is 11.3 Å². The van der Waals surface area contributed by atoms with Crippen LogP contribution in [0.15, 0.2) is 40.3 Å². The van der Waals surface area contributed by atoms with E-state index in [2.05, 4.69) is 40.1 Å². The Morgan fingerprint density at radius 2 is 2.20 bits per heavy atom. The van der Waals surface area contributed by atoms with Crippen molar-refractivity contribution < 1.29 is 5.11 Å². The third-order valence-corrected chi connectivity index (χ3v) is 4.93. The molecule has 0 amide bonds. The SMILES string of the molecule is CCCn1ncc(Br)c1C(O)c1csc2ccccc12. The van der Waals surface area contributed by atoms with E-state index in [1.54, 1.807) is 17.5 Å². The van der Waals surface area contributed by atoms with Crippen molar-refractivity contribution >= 4 is 37.4 Å². The molecule has 0 fully saturated rings. The maximum atomic E-state index is 10.8. The molecule has 1 unspecified atom stereocenters. The number of hydrogen-bond donors (Lipinski definition) is 1. The molecule has 0 saturated carbocycles. The zero-order valence-electron chi connectivity index (χ0n) is 11.1. The maximum Gasteiger partial charge on any atom is 0.123 e. The summed E-state index contributed by atoms with van der Waals surface area (Å²) in [4.78, 5) is 0. The average Bonchev–Trinajstić information content (AvgIpc) is 3.03. The van der Waals surface area contributed by atoms with Gasteiger partial charge in [-0.1, -0.05) is 25.1 Å². The van der Waals surface area contributed by atoms with E-state index in [0.29, 0.717) is 0 Å². The molecule has 0 spiro atoms. The van der Waals surface area contributed by atoms with Gasteiger partial charge in [0.15, 0.2) is 0 Å². The number of thiophene rings is 1. The molecule has 3 nitrogen and oxygen atoms in total. The fraction of sp³-hybridized carbons (Fsp3) is 0.267. The average molecular weight is 351 g/mol. The fourth-order valence-electron chi connectivity index (χ4n) is 2.39. The van der Waals surface area contributed by atoms with Gasteiger partial charge in [0.25, 0.3) is 0 Å². The van der Waals surface area contributed by atoms with Crippen molar-refractivity contribution in [3.63, 3.8) is 0 Å². The lowest BCUT2D eigenvalue weighted by atomic mass is 10.1. The van der Waals surface area contributed by atoms with Gasteiger partial charge in [-0.05, 0) is 39.2 Å². The van der Waals surface area contributed by atoms with E-state index in [1.165, 1.54) is 4.70 Å². The van der Waals surface area contributed by atoms with Gasteiger partial charge < -0.3 is 5.11 Å². The van der Waals surface area contributed by atoms with Crippen molar-refractivity contribution in [3.05, 3.63) is 51.6 Å². The molecule has 0 radical (unpaired) electrons. The number of rotatable bonds is 4. The second kappa shape index (κ2) is 5.68. The molecule has 0 bridgehead atoms. The molecule has 0 aliphatic carbocycles. The van der Waals surface area contributed by atoms with Gasteiger partial charge in [0.2, 0.25) is 0 Å². The van der Waals surface area contributed by atoms with Crippen LogP contribution in [0.5, 0.6) is 0 Å². The van der Waals surface area contributed by atoms with Crippen molar-refractivity contribution in [3.8, 4) is 0 Å². The Balaban J connectivity index is 2.08. The minimum atomic E-state index is -0.658. The minimum absolute atomic E-state index is 0.658. The van der Waals surface area contributed by atoms with Gasteiger partial charge >= 0.3 is 0 Å². The summed E-state index contributed by atoms with van der Waals surface area (Å²) in [6, 6.07) is 8.16. The molecule has 3 aromatic rings. The van der Waals surface area contributed by atoms with Crippen LogP contribution in [0.4, 0.5) is 0 Å². The van der Waals surface area contributed by atoms with E-state index in [1.807, 2.05) is 22.2 Å². The smallest absolute Gasteiger partial charge is 0.123 e. The van der Waals surface area contributed by atoms with Gasteiger partial charge in [0, 0.05) is 16.8 Å². The number of fused-ring (bicyclic) bond motifs is 1. The predicted molar refractivity (Wildman–Crippen MR) is 86.1 cm³/mol. The quantitative estimate of drug-likeness (QED) is 0.759. The first-order valence-electron chi connectivity index (χ1n) is 6.57. The van der Waals surface area contributed by atoms with Crippen molar-refractivity contribution in [1.29, 1.82) is 0 Å². The number of nitrogens with zero attached hydrogens (tertiary/aromatic N) is 2. The lowest BCUT2D eigenvalue weighted by molar-refractivity contribution is 0.208. The van der Waals surface area contributed by atoms with Crippen LogP contribution in [0.3, 0.4) is 0 Å². The number of halogens is 1. The van der Waals surface area contributed by atoms with E-state index in [9.17, 15) is 5.11 Å². The van der Waals surface area contributed by atoms with Crippen LogP contribution >= 0.6 is 27.3 Å². The topological polar surface area (TPSA) is 38.0 Å². The summed E-state index contributed by atoms with van der Waals surface area (Å²) >= 11 is 5.16. The van der Waals surface area contributed by atoms with E-state index in [-0.39, 0.29) is 0 Å². The fourth-order valence-corrected chi connectivity index (χ4v) is 3.88. The lowest BCUT2D eigenvalue weighted by Crippen LogP contribution is -2.10. The molecular weight excluding hydrogens is 336 g/mol. The van der Waals surface area contributed by atoms with Crippen LogP contribution in [0.2, 0.25) is 0 Å². The summed E-state index contributed by atoms with van der Waals surface area (Å²) in [6.45, 7) is 2.91. The molecule has 5 heteroatoms. The highest BCUT2D eigenvalue weighted by Crippen LogP contribution is 2.35. The summed E-state index contributed by atoms with van der Waals surface area (Å²) < 4.78 is 3.93. The first-order valence-corrected chi connectivity index (χ1v) is 8.25. The van der Waals surface area contributed by atoms with E-state index in [0.717, 1.165) is 34.1 Å². The predicted octanol–water partition coefficient (Wildman–Crippen LogP) is 4.35. The molecule has 1 N–H and O–H groups in total. The molecule has 20 heavy (non-hydrogen) atoms. The van der Waals surface area contributed by atoms with Crippen LogP contribution in [0, 0.1) is 0 Å². The Morgan fingerprint density at radius 3 is 3.00 bits per heavy atom. The first-order chi connectivity index (χ1) is 9.72. The highest BCUT2D eigenvalue weighted by atomic mass is 79.9. The summed E-state index contributed by atoms with van der Waals surface area (Å²) in [7, 11) is 0. The van der Waals surface area contributed by atoms with Crippen LogP contribution in [0.1, 0.15) is 30.7 Å². The summed E-state index contributed by atoms with van der Waals surface area (Å²) in [5.74, 6) is 0. The monoisotopic (exact) mass is 350 g/mol. The highest BCUT2D eigenvalue weighted by molar-refractivity contribution is 9.10. The number of aliphatic hydroxyl groups is 1. The molecule has 1 aromatic carbocycles. The molecule has 0 aliphatic heterocycles. The van der Waals surface area contributed by atoms with E-state index in [4.69, 9.17) is 0 Å². The van der Waals surface area contributed by atoms with Gasteiger partial charge in [-0.25, -0.2) is 0 Å². The highest BCUT2D eigenvalue weighted by Gasteiger charge is 2.21. The Hall–Kier alpha value is -1.17. The number of aryl methyl sites for hydroxylation is 1. The maximum absolute atomic E-state index is 10.8. The zero-order chi connectivity index (χ0) is 14.1. The number of aromatic nitrogens is 2. The third kappa shape index (κ3) is 2.30. The second-order valence-corrected chi connectivity index (χ2v) is 6.46. The van der Waals surface area contributed by atoms with Gasteiger partial charge in [0.05, 0.1) is 16.4 Å². The Morgan fingerprint density at radius 1 is 1.40 bits per heavy atom. The Kier molecular flexibility index (Phi) is 3.92. The van der Waals surface area contributed by atoms with Crippen LogP contribution in [-0.4, -0.2) is 14.9 Å². The Labute approximate surface area is 130 Å². The lowest BCUT2D eigenvalue weighted by Gasteiger charge is -2.13. The molecule has 2 heterocycles. The molecule has 2 aromatic heterocycles. The summed E-state index contributed by atoms with van der Waals surface area (Å²) in [5.41, 5.74) is 1.78. The minimum Gasteiger partial charge on any atom is -0.382 e. The summed E-state index contributed by atoms with van der Waals surface area (Å²) in [6.07, 6.45) is 2.08. The van der Waals surface area contributed by atoms with Gasteiger partial charge in [-0.2, -0.15) is 5.10 Å². The van der Waals surface area contributed by atoms with Crippen LogP contribution < -0.4 is 0 Å². The van der Waals surface area contributed by atoms with Crippen molar-refractivity contribution in [2.75, 3.05) is 0 Å². The number of hydrogen-bond acceptors (Lipinski definition) is 3. The number of aliphatic hydroxyl groups excluding tert-OH is 1. The molecule has 0 aliphatic rings. The first kappa shape index (κ1) is 13.8. The molecule has 1 atom stereocenters. The van der Waals surface area contributed by atoms with E-state index < -0.39 is 6.10 Å². The Bertz CT molecular complexity index is 734. The van der Waals surface area contributed by atoms with Crippen molar-refractivity contribution in [1.82, 2.24) is 9.78 Å². The van der Waals surface area contributed by atoms with Crippen molar-refractivity contribution in [2.45, 2.75) is 26.0 Å². The summed E-state index contributed by atoms with van der Waals surface area (Å²) in [5, 5.41) is 18.2. The van der Waals surface area contributed by atoms with Gasteiger partial charge in [0.1, 0.15) is 6.10 Å². The van der Waals surface area contributed by atoms with Gasteiger partial charge in [-0.3, -0.25) is 4.68 Å².